The third-order valence-electron chi connectivity index (χ3n) is 4.11. The Bertz CT molecular complexity index is 1230. The van der Waals surface area contributed by atoms with E-state index in [2.05, 4.69) is 23.6 Å². The molecule has 184 valence electrons. The number of phosphoric acid groups is 2. The summed E-state index contributed by atoms with van der Waals surface area (Å²) in [7, 11) is -17.7. The fourth-order valence-electron chi connectivity index (χ4n) is 2.81. The second kappa shape index (κ2) is 9.28. The monoisotopic (exact) mass is 535 g/mol. The highest BCUT2D eigenvalue weighted by molar-refractivity contribution is 7.86. The summed E-state index contributed by atoms with van der Waals surface area (Å²) in [6, 6.07) is 0. The molecule has 2 aromatic heterocycles. The van der Waals surface area contributed by atoms with Gasteiger partial charge in [-0.1, -0.05) is 0 Å². The quantitative estimate of drug-likeness (QED) is 0.117. The van der Waals surface area contributed by atoms with Gasteiger partial charge in [-0.2, -0.15) is 9.29 Å². The largest absolute Gasteiger partial charge is 0.487 e. The molecule has 0 spiro atoms. The van der Waals surface area contributed by atoms with Crippen molar-refractivity contribution in [1.82, 2.24) is 19.5 Å². The number of fused-ring (bicyclic) bond motifs is 1. The first-order valence-corrected chi connectivity index (χ1v) is 13.3. The van der Waals surface area contributed by atoms with E-state index in [4.69, 9.17) is 24.8 Å². The molecule has 0 bridgehead atoms. The molecule has 1 saturated heterocycles. The minimum atomic E-state index is -5.66. The van der Waals surface area contributed by atoms with Gasteiger partial charge in [-0.15, -0.1) is 0 Å². The Labute approximate surface area is 182 Å². The van der Waals surface area contributed by atoms with Crippen molar-refractivity contribution in [3.05, 3.63) is 16.7 Å². The van der Waals surface area contributed by atoms with E-state index in [1.54, 1.807) is 0 Å². The first kappa shape index (κ1) is 26.1. The number of anilines is 1. The van der Waals surface area contributed by atoms with Crippen LogP contribution in [0.25, 0.3) is 11.2 Å². The fourth-order valence-corrected chi connectivity index (χ4v) is 6.38. The average Bonchev–Trinajstić information content (AvgIpc) is 3.20. The fraction of sp³-hybridized carbons (Fsp3) is 0.500. The summed E-state index contributed by atoms with van der Waals surface area (Å²) in [5.74, 6) is -0.269. The molecule has 1 fully saturated rings. The lowest BCUT2D eigenvalue weighted by Gasteiger charge is -2.21. The molecule has 19 nitrogen and oxygen atoms in total. The lowest BCUT2D eigenvalue weighted by Crippen LogP contribution is -2.33. The number of ether oxygens (including phenoxy) is 1. The van der Waals surface area contributed by atoms with E-state index in [-0.39, 0.29) is 17.1 Å². The van der Waals surface area contributed by atoms with Gasteiger partial charge in [0, 0.05) is 0 Å². The number of H-pyrrole nitrogens is 1. The number of nitrogen functional groups attached to an aromatic ring is 1. The van der Waals surface area contributed by atoms with Gasteiger partial charge in [0.25, 0.3) is 5.56 Å². The van der Waals surface area contributed by atoms with Gasteiger partial charge in [-0.05, 0) is 0 Å². The molecule has 3 rings (SSSR count). The standard InChI is InChI=1S/C10H17BN5O14P3/c12-10-14-7-4(8(19)15-10)13-2-16(7)9-6(18)5(17)3(28-9)1-27-31(21,11-20)29-33(25,26)30-32(22,23)24/h2-3,5-6,9,11,17-18,20H,1H2,(H,25,26)(H2,22,23,24)(H3,12,14,15,19)/t3-,5?,6+,9-,31?/m1/s1. The number of rotatable bonds is 9. The number of nitrogens with one attached hydrogen (secondary N) is 1. The molecular weight excluding hydrogens is 518 g/mol. The van der Waals surface area contributed by atoms with Crippen LogP contribution in [0.5, 0.6) is 0 Å². The van der Waals surface area contributed by atoms with Crippen LogP contribution in [0.4, 0.5) is 5.95 Å². The number of hydrogen-bond acceptors (Lipinski definition) is 14. The lowest BCUT2D eigenvalue weighted by atomic mass is 10.1. The summed E-state index contributed by atoms with van der Waals surface area (Å²) in [5, 5.41) is 29.8. The van der Waals surface area contributed by atoms with E-state index in [0.29, 0.717) is 0 Å². The van der Waals surface area contributed by atoms with Crippen LogP contribution in [0.15, 0.2) is 11.1 Å². The van der Waals surface area contributed by atoms with E-state index < -0.39 is 67.0 Å². The van der Waals surface area contributed by atoms with Crippen LogP contribution in [0.3, 0.4) is 0 Å². The van der Waals surface area contributed by atoms with Crippen molar-refractivity contribution in [1.29, 1.82) is 0 Å². The van der Waals surface area contributed by atoms with Gasteiger partial charge in [0.15, 0.2) is 17.4 Å². The van der Waals surface area contributed by atoms with Crippen LogP contribution >= 0.6 is 23.1 Å². The maximum absolute atomic E-state index is 12.4. The van der Waals surface area contributed by atoms with E-state index >= 15 is 0 Å². The average molecular weight is 535 g/mol. The highest BCUT2D eigenvalue weighted by Gasteiger charge is 2.47. The maximum Gasteiger partial charge on any atom is 0.487 e. The Morgan fingerprint density at radius 1 is 1.21 bits per heavy atom. The van der Waals surface area contributed by atoms with E-state index in [1.807, 2.05) is 0 Å². The molecule has 0 saturated carbocycles. The van der Waals surface area contributed by atoms with Crippen molar-refractivity contribution < 1.29 is 61.5 Å². The molecule has 23 heteroatoms. The molecule has 0 aromatic carbocycles. The van der Waals surface area contributed by atoms with Gasteiger partial charge in [0.1, 0.15) is 18.3 Å². The predicted molar refractivity (Wildman–Crippen MR) is 105 cm³/mol. The summed E-state index contributed by atoms with van der Waals surface area (Å²) in [4.78, 5) is 48.3. The highest BCUT2D eigenvalue weighted by Crippen LogP contribution is 2.67. The Kier molecular flexibility index (Phi) is 7.34. The molecule has 9 N–H and O–H groups in total. The molecule has 6 atom stereocenters. The molecule has 2 aromatic rings. The van der Waals surface area contributed by atoms with Crippen molar-refractivity contribution in [3.63, 3.8) is 0 Å². The third kappa shape index (κ3) is 5.96. The van der Waals surface area contributed by atoms with Crippen molar-refractivity contribution >= 4 is 47.4 Å². The van der Waals surface area contributed by atoms with Gasteiger partial charge in [-0.25, -0.2) is 18.4 Å². The molecule has 33 heavy (non-hydrogen) atoms. The Morgan fingerprint density at radius 3 is 2.48 bits per heavy atom. The first-order valence-electron chi connectivity index (χ1n) is 8.54. The van der Waals surface area contributed by atoms with Gasteiger partial charge >= 0.3 is 30.3 Å². The molecule has 0 radical (unpaired) electrons. The zero-order valence-electron chi connectivity index (χ0n) is 16.0. The second-order valence-electron chi connectivity index (χ2n) is 6.49. The molecule has 1 aliphatic heterocycles. The van der Waals surface area contributed by atoms with Crippen LogP contribution < -0.4 is 11.3 Å². The second-order valence-corrected chi connectivity index (χ2v) is 11.5. The summed E-state index contributed by atoms with van der Waals surface area (Å²) in [5.41, 5.74) is 4.55. The molecule has 1 aliphatic rings. The minimum Gasteiger partial charge on any atom is -0.443 e. The van der Waals surface area contributed by atoms with Crippen LogP contribution in [-0.2, 0) is 31.6 Å². The van der Waals surface area contributed by atoms with Crippen LogP contribution in [0.1, 0.15) is 6.23 Å². The molecule has 0 amide bonds. The summed E-state index contributed by atoms with van der Waals surface area (Å²) >= 11 is 0. The zero-order valence-corrected chi connectivity index (χ0v) is 18.7. The van der Waals surface area contributed by atoms with E-state index in [1.165, 1.54) is 0 Å². The lowest BCUT2D eigenvalue weighted by molar-refractivity contribution is -0.0480. The number of nitrogens with two attached hydrogens (primary N) is 1. The number of aromatic nitrogens is 4. The summed E-state index contributed by atoms with van der Waals surface area (Å²) in [6.07, 6.45) is -5.20. The molecular formula is C10H17BN5O14P3. The molecule has 3 heterocycles. The van der Waals surface area contributed by atoms with Crippen molar-refractivity contribution in [2.45, 2.75) is 24.5 Å². The molecule has 0 aliphatic carbocycles. The maximum atomic E-state index is 12.4. The van der Waals surface area contributed by atoms with Crippen molar-refractivity contribution in [2.24, 2.45) is 0 Å². The van der Waals surface area contributed by atoms with Crippen molar-refractivity contribution in [3.8, 4) is 0 Å². The van der Waals surface area contributed by atoms with Crippen LogP contribution in [0.2, 0.25) is 0 Å². The highest BCUT2D eigenvalue weighted by atomic mass is 31.3. The van der Waals surface area contributed by atoms with Crippen LogP contribution in [-0.4, -0.2) is 81.6 Å². The normalized spacial score (nSPS) is 27.3. The number of nitrogens with zero attached hydrogens (tertiary/aromatic N) is 3. The van der Waals surface area contributed by atoms with Gasteiger partial charge in [0.05, 0.1) is 12.9 Å². The number of hydrogen-bond donors (Lipinski definition) is 8. The SMILES string of the molecule is Nc1nc2c(ncn2[C@@H]2O[C@H](COP(=O)(BO)OP(=O)(O)OP(=O)(O)O)C(O)[C@@H]2O)c(=O)[nH]1. The Balaban J connectivity index is 1.75. The number of aliphatic hydroxyl groups excluding tert-OH is 2. The van der Waals surface area contributed by atoms with Gasteiger partial charge in [-0.3, -0.25) is 18.9 Å². The van der Waals surface area contributed by atoms with Crippen LogP contribution in [0, 0.1) is 0 Å². The number of imidazole rings is 1. The van der Waals surface area contributed by atoms with E-state index in [0.717, 1.165) is 10.9 Å². The minimum absolute atomic E-state index is 0.103. The Hall–Kier alpha value is -1.50. The van der Waals surface area contributed by atoms with Gasteiger partial charge in [0.2, 0.25) is 5.95 Å². The zero-order chi connectivity index (χ0) is 24.8. The third-order valence-corrected chi connectivity index (χ3v) is 8.49. The smallest absolute Gasteiger partial charge is 0.443 e. The summed E-state index contributed by atoms with van der Waals surface area (Å²) < 4.78 is 53.4. The topological polar surface area (TPSA) is 299 Å². The number of aliphatic hydroxyl groups is 2. The predicted octanol–water partition coefficient (Wildman–Crippen LogP) is -2.98. The van der Waals surface area contributed by atoms with Gasteiger partial charge < -0.3 is 44.9 Å². The first-order chi connectivity index (χ1) is 15.1. The number of aromatic amines is 1. The van der Waals surface area contributed by atoms with Crippen molar-refractivity contribution in [2.75, 3.05) is 12.3 Å². The Morgan fingerprint density at radius 2 is 1.88 bits per heavy atom. The molecule has 3 unspecified atom stereocenters. The van der Waals surface area contributed by atoms with E-state index in [9.17, 15) is 38.6 Å². The summed E-state index contributed by atoms with van der Waals surface area (Å²) in [6.45, 7) is -0.911.